The summed E-state index contributed by atoms with van der Waals surface area (Å²) in [6.07, 6.45) is 2.99. The van der Waals surface area contributed by atoms with Crippen LogP contribution in [0.4, 0.5) is 4.39 Å². The van der Waals surface area contributed by atoms with E-state index in [2.05, 4.69) is 5.10 Å². The SMILES string of the molecule is COc1cc(C(=O)C=Cc2c(C)nn(-c3ccc(F)cc3)c2Cl)cc(OC)c1OC. The second-order valence-electron chi connectivity index (χ2n) is 6.29. The van der Waals surface area contributed by atoms with Crippen molar-refractivity contribution in [3.05, 3.63) is 70.3 Å². The van der Waals surface area contributed by atoms with Gasteiger partial charge in [0.25, 0.3) is 0 Å². The van der Waals surface area contributed by atoms with E-state index in [4.69, 9.17) is 25.8 Å². The third-order valence-electron chi connectivity index (χ3n) is 4.47. The highest BCUT2D eigenvalue weighted by Crippen LogP contribution is 2.38. The van der Waals surface area contributed by atoms with Crippen molar-refractivity contribution in [1.82, 2.24) is 9.78 Å². The summed E-state index contributed by atoms with van der Waals surface area (Å²) in [5.74, 6) is 0.535. The van der Waals surface area contributed by atoms with Crippen LogP contribution in [-0.2, 0) is 0 Å². The number of benzene rings is 2. The summed E-state index contributed by atoms with van der Waals surface area (Å²) < 4.78 is 30.5. The van der Waals surface area contributed by atoms with Crippen molar-refractivity contribution in [2.75, 3.05) is 21.3 Å². The maximum Gasteiger partial charge on any atom is 0.203 e. The van der Waals surface area contributed by atoms with Gasteiger partial charge in [-0.3, -0.25) is 4.79 Å². The van der Waals surface area contributed by atoms with Gasteiger partial charge in [-0.05, 0) is 55.5 Å². The third kappa shape index (κ3) is 4.16. The van der Waals surface area contributed by atoms with Crippen LogP contribution in [0.1, 0.15) is 21.6 Å². The molecule has 0 saturated carbocycles. The molecule has 0 atom stereocenters. The summed E-state index contributed by atoms with van der Waals surface area (Å²) in [5, 5.41) is 4.69. The normalized spacial score (nSPS) is 11.0. The molecule has 0 amide bonds. The smallest absolute Gasteiger partial charge is 0.203 e. The molecule has 0 radical (unpaired) electrons. The maximum absolute atomic E-state index is 13.2. The summed E-state index contributed by atoms with van der Waals surface area (Å²) in [4.78, 5) is 12.7. The highest BCUT2D eigenvalue weighted by Gasteiger charge is 2.17. The molecule has 0 aliphatic rings. The molecule has 1 aromatic heterocycles. The molecule has 0 bridgehead atoms. The number of hydrogen-bond acceptors (Lipinski definition) is 5. The number of methoxy groups -OCH3 is 3. The molecule has 6 nitrogen and oxygen atoms in total. The molecule has 3 aromatic rings. The van der Waals surface area contributed by atoms with Crippen LogP contribution in [0.2, 0.25) is 5.15 Å². The molecule has 156 valence electrons. The summed E-state index contributed by atoms with van der Waals surface area (Å²) in [6, 6.07) is 8.94. The van der Waals surface area contributed by atoms with Crippen LogP contribution in [-0.4, -0.2) is 36.9 Å². The summed E-state index contributed by atoms with van der Waals surface area (Å²) >= 11 is 6.46. The Morgan fingerprint density at radius 2 is 1.67 bits per heavy atom. The van der Waals surface area contributed by atoms with Gasteiger partial charge >= 0.3 is 0 Å². The van der Waals surface area contributed by atoms with Gasteiger partial charge in [-0.25, -0.2) is 9.07 Å². The van der Waals surface area contributed by atoms with E-state index in [1.807, 2.05) is 0 Å². The number of allylic oxidation sites excluding steroid dienone is 1. The molecule has 0 saturated heterocycles. The van der Waals surface area contributed by atoms with Crippen molar-refractivity contribution in [2.45, 2.75) is 6.92 Å². The highest BCUT2D eigenvalue weighted by atomic mass is 35.5. The number of hydrogen-bond donors (Lipinski definition) is 0. The first-order valence-electron chi connectivity index (χ1n) is 8.93. The Morgan fingerprint density at radius 1 is 1.07 bits per heavy atom. The van der Waals surface area contributed by atoms with Crippen LogP contribution in [0.3, 0.4) is 0 Å². The van der Waals surface area contributed by atoms with E-state index in [-0.39, 0.29) is 11.6 Å². The van der Waals surface area contributed by atoms with E-state index < -0.39 is 0 Å². The lowest BCUT2D eigenvalue weighted by Gasteiger charge is -2.13. The number of halogens is 2. The van der Waals surface area contributed by atoms with Crippen molar-refractivity contribution in [2.24, 2.45) is 0 Å². The lowest BCUT2D eigenvalue weighted by atomic mass is 10.1. The molecule has 0 fully saturated rings. The van der Waals surface area contributed by atoms with Crippen molar-refractivity contribution < 1.29 is 23.4 Å². The number of rotatable bonds is 7. The number of nitrogens with zero attached hydrogens (tertiary/aromatic N) is 2. The molecule has 0 aliphatic carbocycles. The van der Waals surface area contributed by atoms with Gasteiger partial charge < -0.3 is 14.2 Å². The fourth-order valence-corrected chi connectivity index (χ4v) is 3.27. The van der Waals surface area contributed by atoms with Gasteiger partial charge in [0.05, 0.1) is 32.7 Å². The number of ether oxygens (including phenoxy) is 3. The Hall–Kier alpha value is -3.32. The molecule has 1 heterocycles. The van der Waals surface area contributed by atoms with Crippen LogP contribution in [0.5, 0.6) is 17.2 Å². The first kappa shape index (κ1) is 21.4. The Morgan fingerprint density at radius 3 is 2.20 bits per heavy atom. The topological polar surface area (TPSA) is 62.6 Å². The van der Waals surface area contributed by atoms with E-state index in [1.165, 1.54) is 44.2 Å². The van der Waals surface area contributed by atoms with E-state index >= 15 is 0 Å². The van der Waals surface area contributed by atoms with Crippen LogP contribution in [0, 0.1) is 12.7 Å². The maximum atomic E-state index is 13.2. The van der Waals surface area contributed by atoms with E-state index in [9.17, 15) is 9.18 Å². The Bertz CT molecular complexity index is 1080. The molecule has 0 aliphatic heterocycles. The zero-order valence-electron chi connectivity index (χ0n) is 16.9. The molecular weight excluding hydrogens is 411 g/mol. The Balaban J connectivity index is 1.93. The molecule has 30 heavy (non-hydrogen) atoms. The van der Waals surface area contributed by atoms with Crippen LogP contribution >= 0.6 is 11.6 Å². The number of aryl methyl sites for hydroxylation is 1. The van der Waals surface area contributed by atoms with Gasteiger partial charge in [-0.15, -0.1) is 0 Å². The number of ketones is 1. The van der Waals surface area contributed by atoms with Gasteiger partial charge in [0.2, 0.25) is 5.75 Å². The summed E-state index contributed by atoms with van der Waals surface area (Å²) in [5.41, 5.74) is 2.18. The zero-order chi connectivity index (χ0) is 21.8. The van der Waals surface area contributed by atoms with Crippen LogP contribution in [0.25, 0.3) is 11.8 Å². The van der Waals surface area contributed by atoms with Gasteiger partial charge in [-0.2, -0.15) is 5.10 Å². The molecule has 8 heteroatoms. The van der Waals surface area contributed by atoms with Crippen LogP contribution in [0.15, 0.2) is 42.5 Å². The minimum Gasteiger partial charge on any atom is -0.493 e. The van der Waals surface area contributed by atoms with Crippen molar-refractivity contribution in [3.8, 4) is 22.9 Å². The summed E-state index contributed by atoms with van der Waals surface area (Å²) in [6.45, 7) is 1.77. The number of carbonyl (C=O) groups is 1. The van der Waals surface area contributed by atoms with Crippen molar-refractivity contribution in [1.29, 1.82) is 0 Å². The first-order chi connectivity index (χ1) is 14.4. The standard InChI is InChI=1S/C22H20ClFN2O4/c1-13-17(22(23)26(25-13)16-7-5-15(24)6-8-16)9-10-18(27)14-11-19(28-2)21(30-4)20(12-14)29-3/h5-12H,1-4H3. The summed E-state index contributed by atoms with van der Waals surface area (Å²) in [7, 11) is 4.45. The second-order valence-corrected chi connectivity index (χ2v) is 6.65. The van der Waals surface area contributed by atoms with Crippen molar-refractivity contribution >= 4 is 23.5 Å². The van der Waals surface area contributed by atoms with Gasteiger partial charge in [-0.1, -0.05) is 11.6 Å². The third-order valence-corrected chi connectivity index (χ3v) is 4.83. The highest BCUT2D eigenvalue weighted by molar-refractivity contribution is 6.31. The molecule has 0 spiro atoms. The minimum atomic E-state index is -0.352. The monoisotopic (exact) mass is 430 g/mol. The lowest BCUT2D eigenvalue weighted by Crippen LogP contribution is -2.00. The average Bonchev–Trinajstić information content (AvgIpc) is 3.04. The van der Waals surface area contributed by atoms with Crippen molar-refractivity contribution in [3.63, 3.8) is 0 Å². The lowest BCUT2D eigenvalue weighted by molar-refractivity contribution is 0.104. The first-order valence-corrected chi connectivity index (χ1v) is 9.30. The minimum absolute atomic E-state index is 0.278. The van der Waals surface area contributed by atoms with E-state index in [0.717, 1.165) is 0 Å². The van der Waals surface area contributed by atoms with E-state index in [1.54, 1.807) is 37.3 Å². The second kappa shape index (κ2) is 9.00. The number of carbonyl (C=O) groups excluding carboxylic acids is 1. The quantitative estimate of drug-likeness (QED) is 0.394. The van der Waals surface area contributed by atoms with Crippen LogP contribution < -0.4 is 14.2 Å². The fraction of sp³-hybridized carbons (Fsp3) is 0.182. The van der Waals surface area contributed by atoms with Gasteiger partial charge in [0, 0.05) is 11.1 Å². The average molecular weight is 431 g/mol. The fourth-order valence-electron chi connectivity index (χ4n) is 2.93. The van der Waals surface area contributed by atoms with Gasteiger partial charge in [0.15, 0.2) is 17.3 Å². The van der Waals surface area contributed by atoms with E-state index in [0.29, 0.717) is 44.9 Å². The zero-order valence-corrected chi connectivity index (χ0v) is 17.7. The molecule has 3 rings (SSSR count). The predicted octanol–water partition coefficient (Wildman–Crippen LogP) is 4.90. The molecular formula is C22H20ClFN2O4. The predicted molar refractivity (Wildman–Crippen MR) is 113 cm³/mol. The van der Waals surface area contributed by atoms with Gasteiger partial charge in [0.1, 0.15) is 11.0 Å². The molecule has 0 unspecified atom stereocenters. The molecule has 0 N–H and O–H groups in total. The Labute approximate surface area is 178 Å². The number of aromatic nitrogens is 2. The Kier molecular flexibility index (Phi) is 6.42. The molecule has 2 aromatic carbocycles. The largest absolute Gasteiger partial charge is 0.493 e.